The topological polar surface area (TPSA) is 47.0 Å². The number of nitrogens with zero attached hydrogens (tertiary/aromatic N) is 3. The summed E-state index contributed by atoms with van der Waals surface area (Å²) in [6.45, 7) is 7.18. The first-order valence-electron chi connectivity index (χ1n) is 9.51. The monoisotopic (exact) mass is 345 g/mol. The average Bonchev–Trinajstić information content (AvgIpc) is 2.85. The van der Waals surface area contributed by atoms with Gasteiger partial charge in [-0.1, -0.05) is 18.2 Å². The Kier molecular flexibility index (Phi) is 6.45. The van der Waals surface area contributed by atoms with Crippen molar-refractivity contribution in [2.75, 3.05) is 59.5 Å². The lowest BCUT2D eigenvalue weighted by Crippen LogP contribution is -2.48. The minimum atomic E-state index is 0.0966. The molecule has 0 saturated carbocycles. The molecule has 0 bridgehead atoms. The van der Waals surface area contributed by atoms with Crippen LogP contribution in [-0.4, -0.2) is 85.2 Å². The number of aliphatic hydroxyl groups excluding tert-OH is 1. The van der Waals surface area contributed by atoms with E-state index in [1.54, 1.807) is 0 Å². The van der Waals surface area contributed by atoms with Gasteiger partial charge in [-0.25, -0.2) is 0 Å². The summed E-state index contributed by atoms with van der Waals surface area (Å²) in [7, 11) is 2.19. The number of hydrogen-bond acceptors (Lipinski definition) is 4. The first-order chi connectivity index (χ1) is 12.2. The summed E-state index contributed by atoms with van der Waals surface area (Å²) in [4.78, 5) is 19.7. The van der Waals surface area contributed by atoms with Crippen LogP contribution >= 0.6 is 0 Å². The second-order valence-corrected chi connectivity index (χ2v) is 7.68. The Morgan fingerprint density at radius 1 is 1.08 bits per heavy atom. The number of piperidine rings is 1. The maximum atomic E-state index is 12.8. The Balaban J connectivity index is 1.63. The lowest BCUT2D eigenvalue weighted by Gasteiger charge is -2.39. The van der Waals surface area contributed by atoms with E-state index in [2.05, 4.69) is 16.8 Å². The van der Waals surface area contributed by atoms with E-state index in [-0.39, 0.29) is 18.4 Å². The van der Waals surface area contributed by atoms with Crippen LogP contribution in [0.3, 0.4) is 0 Å². The first kappa shape index (κ1) is 18.4. The summed E-state index contributed by atoms with van der Waals surface area (Å²) in [6, 6.07) is 9.51. The highest BCUT2D eigenvalue weighted by molar-refractivity contribution is 5.94. The van der Waals surface area contributed by atoms with E-state index < -0.39 is 0 Å². The third kappa shape index (κ3) is 5.03. The smallest absolute Gasteiger partial charge is 0.253 e. The SMILES string of the molecule is CN1CCCN(C[C@@H]2C[C@@H](CO)CN(C(=O)c3ccccc3)C2)CC1. The molecule has 2 aliphatic heterocycles. The Bertz CT molecular complexity index is 551. The molecule has 2 saturated heterocycles. The molecule has 2 aliphatic rings. The number of rotatable bonds is 4. The molecule has 0 spiro atoms. The van der Waals surface area contributed by atoms with Crippen LogP contribution in [0.15, 0.2) is 30.3 Å². The fraction of sp³-hybridized carbons (Fsp3) is 0.650. The highest BCUT2D eigenvalue weighted by Crippen LogP contribution is 2.24. The van der Waals surface area contributed by atoms with Crippen LogP contribution in [0.4, 0.5) is 0 Å². The van der Waals surface area contributed by atoms with Crippen molar-refractivity contribution in [1.82, 2.24) is 14.7 Å². The van der Waals surface area contributed by atoms with Crippen LogP contribution in [-0.2, 0) is 0 Å². The van der Waals surface area contributed by atoms with E-state index in [1.807, 2.05) is 35.2 Å². The Labute approximate surface area is 151 Å². The standard InChI is InChI=1S/C20H31N3O2/c1-21-8-5-9-22(11-10-21)13-17-12-18(16-24)15-23(14-17)20(25)19-6-3-2-4-7-19/h2-4,6-7,17-18,24H,5,8-16H2,1H3/t17-,18+/m0/s1. The minimum Gasteiger partial charge on any atom is -0.396 e. The van der Waals surface area contributed by atoms with Gasteiger partial charge in [-0.3, -0.25) is 4.79 Å². The number of amides is 1. The summed E-state index contributed by atoms with van der Waals surface area (Å²) in [5, 5.41) is 9.71. The highest BCUT2D eigenvalue weighted by Gasteiger charge is 2.31. The molecule has 25 heavy (non-hydrogen) atoms. The van der Waals surface area contributed by atoms with Gasteiger partial charge in [0.1, 0.15) is 0 Å². The predicted molar refractivity (Wildman–Crippen MR) is 99.6 cm³/mol. The van der Waals surface area contributed by atoms with E-state index >= 15 is 0 Å². The van der Waals surface area contributed by atoms with Gasteiger partial charge in [-0.05, 0) is 56.9 Å². The third-order valence-electron chi connectivity index (χ3n) is 5.52. The molecule has 0 aromatic heterocycles. The van der Waals surface area contributed by atoms with E-state index in [0.29, 0.717) is 12.5 Å². The van der Waals surface area contributed by atoms with E-state index in [1.165, 1.54) is 13.0 Å². The van der Waals surface area contributed by atoms with Crippen LogP contribution in [0, 0.1) is 11.8 Å². The van der Waals surface area contributed by atoms with Crippen molar-refractivity contribution in [2.45, 2.75) is 12.8 Å². The van der Waals surface area contributed by atoms with Gasteiger partial charge >= 0.3 is 0 Å². The van der Waals surface area contributed by atoms with E-state index in [0.717, 1.165) is 44.7 Å². The van der Waals surface area contributed by atoms with Gasteiger partial charge in [0.2, 0.25) is 0 Å². The molecule has 2 heterocycles. The molecule has 3 rings (SSSR count). The number of benzene rings is 1. The zero-order valence-corrected chi connectivity index (χ0v) is 15.3. The first-order valence-corrected chi connectivity index (χ1v) is 9.51. The van der Waals surface area contributed by atoms with Crippen molar-refractivity contribution in [1.29, 1.82) is 0 Å². The highest BCUT2D eigenvalue weighted by atomic mass is 16.3. The van der Waals surface area contributed by atoms with Crippen LogP contribution in [0.25, 0.3) is 0 Å². The molecule has 138 valence electrons. The molecule has 2 atom stereocenters. The fourth-order valence-corrected chi connectivity index (χ4v) is 4.16. The number of carbonyl (C=O) groups is 1. The number of likely N-dealkylation sites (N-methyl/N-ethyl adjacent to an activating group) is 1. The summed E-state index contributed by atoms with van der Waals surface area (Å²) in [5.41, 5.74) is 0.747. The molecule has 0 unspecified atom stereocenters. The number of aliphatic hydroxyl groups is 1. The summed E-state index contributed by atoms with van der Waals surface area (Å²) in [5.74, 6) is 0.738. The second kappa shape index (κ2) is 8.79. The average molecular weight is 345 g/mol. The normalized spacial score (nSPS) is 26.4. The zero-order chi connectivity index (χ0) is 17.6. The molecule has 1 aromatic carbocycles. The van der Waals surface area contributed by atoms with Crippen LogP contribution in [0.1, 0.15) is 23.2 Å². The van der Waals surface area contributed by atoms with Gasteiger partial charge < -0.3 is 19.8 Å². The molecule has 0 aliphatic carbocycles. The molecular weight excluding hydrogens is 314 g/mol. The number of carbonyl (C=O) groups excluding carboxylic acids is 1. The van der Waals surface area contributed by atoms with Crippen molar-refractivity contribution < 1.29 is 9.90 Å². The maximum absolute atomic E-state index is 12.8. The van der Waals surface area contributed by atoms with Crippen LogP contribution < -0.4 is 0 Å². The van der Waals surface area contributed by atoms with E-state index in [4.69, 9.17) is 0 Å². The summed E-state index contributed by atoms with van der Waals surface area (Å²) >= 11 is 0. The molecule has 2 fully saturated rings. The Hall–Kier alpha value is -1.43. The maximum Gasteiger partial charge on any atom is 0.253 e. The molecule has 5 nitrogen and oxygen atoms in total. The van der Waals surface area contributed by atoms with Gasteiger partial charge in [0, 0.05) is 44.9 Å². The van der Waals surface area contributed by atoms with Crippen LogP contribution in [0.2, 0.25) is 0 Å². The van der Waals surface area contributed by atoms with Crippen molar-refractivity contribution in [3.8, 4) is 0 Å². The molecule has 1 aromatic rings. The Morgan fingerprint density at radius 3 is 2.60 bits per heavy atom. The van der Waals surface area contributed by atoms with E-state index in [9.17, 15) is 9.90 Å². The number of likely N-dealkylation sites (tertiary alicyclic amines) is 1. The lowest BCUT2D eigenvalue weighted by atomic mass is 9.88. The minimum absolute atomic E-state index is 0.0966. The Morgan fingerprint density at radius 2 is 1.84 bits per heavy atom. The fourth-order valence-electron chi connectivity index (χ4n) is 4.16. The predicted octanol–water partition coefficient (Wildman–Crippen LogP) is 1.39. The quantitative estimate of drug-likeness (QED) is 0.896. The molecule has 1 N–H and O–H groups in total. The number of hydrogen-bond donors (Lipinski definition) is 1. The third-order valence-corrected chi connectivity index (χ3v) is 5.52. The second-order valence-electron chi connectivity index (χ2n) is 7.68. The zero-order valence-electron chi connectivity index (χ0n) is 15.3. The van der Waals surface area contributed by atoms with Crippen molar-refractivity contribution in [3.63, 3.8) is 0 Å². The summed E-state index contributed by atoms with van der Waals surface area (Å²) in [6.07, 6.45) is 2.22. The lowest BCUT2D eigenvalue weighted by molar-refractivity contribution is 0.0454. The summed E-state index contributed by atoms with van der Waals surface area (Å²) < 4.78 is 0. The van der Waals surface area contributed by atoms with Gasteiger partial charge in [0.15, 0.2) is 0 Å². The van der Waals surface area contributed by atoms with Gasteiger partial charge in [-0.2, -0.15) is 0 Å². The molecular formula is C20H31N3O2. The molecule has 5 heteroatoms. The largest absolute Gasteiger partial charge is 0.396 e. The van der Waals surface area contributed by atoms with Crippen molar-refractivity contribution in [3.05, 3.63) is 35.9 Å². The van der Waals surface area contributed by atoms with Crippen LogP contribution in [0.5, 0.6) is 0 Å². The van der Waals surface area contributed by atoms with Gasteiger partial charge in [-0.15, -0.1) is 0 Å². The van der Waals surface area contributed by atoms with Gasteiger partial charge in [0.25, 0.3) is 5.91 Å². The van der Waals surface area contributed by atoms with Gasteiger partial charge in [0.05, 0.1) is 0 Å². The van der Waals surface area contributed by atoms with Crippen molar-refractivity contribution >= 4 is 5.91 Å². The van der Waals surface area contributed by atoms with Crippen molar-refractivity contribution in [2.24, 2.45) is 11.8 Å². The molecule has 0 radical (unpaired) electrons. The molecule has 1 amide bonds.